The van der Waals surface area contributed by atoms with Crippen LogP contribution in [0.5, 0.6) is 0 Å². The summed E-state index contributed by atoms with van der Waals surface area (Å²) in [6.07, 6.45) is 1.20. The molecule has 2 aromatic rings. The van der Waals surface area contributed by atoms with Crippen LogP contribution in [0.25, 0.3) is 11.4 Å². The molecule has 0 radical (unpaired) electrons. The Morgan fingerprint density at radius 1 is 1.29 bits per heavy atom. The lowest BCUT2D eigenvalue weighted by Crippen LogP contribution is -1.96. The monoisotopic (exact) mass is 230 g/mol. The van der Waals surface area contributed by atoms with Crippen molar-refractivity contribution >= 4 is 5.78 Å². The molecule has 0 amide bonds. The Bertz CT molecular complexity index is 514. The van der Waals surface area contributed by atoms with Crippen LogP contribution in [-0.4, -0.2) is 15.9 Å². The largest absolute Gasteiger partial charge is 0.339 e. The third-order valence-electron chi connectivity index (χ3n) is 2.49. The number of rotatable bonds is 4. The van der Waals surface area contributed by atoms with Gasteiger partial charge in [-0.3, -0.25) is 4.79 Å². The zero-order chi connectivity index (χ0) is 12.3. The standard InChI is InChI=1S/C13H14N2O2/c1-3-10-4-6-11(7-5-10)13-14-12(17-15-13)8-9(2)16/h4-7H,3,8H2,1-2H3. The molecule has 0 saturated heterocycles. The molecule has 1 heterocycles. The molecule has 0 fully saturated rings. The maximum atomic E-state index is 10.9. The van der Waals surface area contributed by atoms with Crippen molar-refractivity contribution in [2.24, 2.45) is 0 Å². The highest BCUT2D eigenvalue weighted by Gasteiger charge is 2.09. The van der Waals surface area contributed by atoms with E-state index in [2.05, 4.69) is 17.1 Å². The normalized spacial score (nSPS) is 10.5. The molecule has 0 unspecified atom stereocenters. The third-order valence-corrected chi connectivity index (χ3v) is 2.49. The molecule has 0 atom stereocenters. The fourth-order valence-corrected chi connectivity index (χ4v) is 1.55. The highest BCUT2D eigenvalue weighted by atomic mass is 16.5. The van der Waals surface area contributed by atoms with Crippen LogP contribution < -0.4 is 0 Å². The Morgan fingerprint density at radius 2 is 2.00 bits per heavy atom. The SMILES string of the molecule is CCc1ccc(-c2noc(CC(C)=O)n2)cc1. The number of aryl methyl sites for hydroxylation is 1. The van der Waals surface area contributed by atoms with E-state index < -0.39 is 0 Å². The number of hydrogen-bond acceptors (Lipinski definition) is 4. The summed E-state index contributed by atoms with van der Waals surface area (Å²) in [5.41, 5.74) is 2.17. The molecule has 0 aliphatic rings. The molecule has 0 spiro atoms. The van der Waals surface area contributed by atoms with Crippen LogP contribution in [0, 0.1) is 0 Å². The molecule has 1 aromatic carbocycles. The summed E-state index contributed by atoms with van der Waals surface area (Å²) >= 11 is 0. The first-order chi connectivity index (χ1) is 8.19. The van der Waals surface area contributed by atoms with Crippen molar-refractivity contribution in [2.45, 2.75) is 26.7 Å². The predicted octanol–water partition coefficient (Wildman–Crippen LogP) is 2.43. The third kappa shape index (κ3) is 2.78. The number of nitrogens with zero attached hydrogens (tertiary/aromatic N) is 2. The van der Waals surface area contributed by atoms with Gasteiger partial charge in [-0.2, -0.15) is 4.98 Å². The first kappa shape index (κ1) is 11.5. The molecule has 0 bridgehead atoms. The maximum absolute atomic E-state index is 10.9. The Kier molecular flexibility index (Phi) is 3.32. The van der Waals surface area contributed by atoms with Gasteiger partial charge in [-0.1, -0.05) is 36.3 Å². The molecule has 0 aliphatic carbocycles. The van der Waals surface area contributed by atoms with Crippen LogP contribution in [0.1, 0.15) is 25.3 Å². The maximum Gasteiger partial charge on any atom is 0.234 e. The summed E-state index contributed by atoms with van der Waals surface area (Å²) < 4.78 is 5.00. The first-order valence-corrected chi connectivity index (χ1v) is 5.60. The van der Waals surface area contributed by atoms with Gasteiger partial charge >= 0.3 is 0 Å². The first-order valence-electron chi connectivity index (χ1n) is 5.60. The van der Waals surface area contributed by atoms with Crippen LogP contribution >= 0.6 is 0 Å². The average molecular weight is 230 g/mol. The van der Waals surface area contributed by atoms with Crippen LogP contribution in [0.3, 0.4) is 0 Å². The number of hydrogen-bond donors (Lipinski definition) is 0. The van der Waals surface area contributed by atoms with E-state index in [4.69, 9.17) is 4.52 Å². The molecule has 88 valence electrons. The molecule has 0 N–H and O–H groups in total. The Hall–Kier alpha value is -1.97. The fraction of sp³-hybridized carbons (Fsp3) is 0.308. The minimum atomic E-state index is 0.0153. The predicted molar refractivity (Wildman–Crippen MR) is 63.5 cm³/mol. The lowest BCUT2D eigenvalue weighted by Gasteiger charge is -1.97. The zero-order valence-electron chi connectivity index (χ0n) is 9.93. The lowest BCUT2D eigenvalue weighted by atomic mass is 10.1. The summed E-state index contributed by atoms with van der Waals surface area (Å²) in [6, 6.07) is 8.00. The molecule has 0 saturated carbocycles. The van der Waals surface area contributed by atoms with Crippen molar-refractivity contribution in [3.8, 4) is 11.4 Å². The van der Waals surface area contributed by atoms with Crippen molar-refractivity contribution in [3.05, 3.63) is 35.7 Å². The van der Waals surface area contributed by atoms with Gasteiger partial charge in [0.15, 0.2) is 0 Å². The van der Waals surface area contributed by atoms with Crippen molar-refractivity contribution < 1.29 is 9.32 Å². The van der Waals surface area contributed by atoms with Gasteiger partial charge in [0.25, 0.3) is 0 Å². The number of carbonyl (C=O) groups excluding carboxylic acids is 1. The minimum Gasteiger partial charge on any atom is -0.339 e. The van der Waals surface area contributed by atoms with E-state index in [1.807, 2.05) is 24.3 Å². The fourth-order valence-electron chi connectivity index (χ4n) is 1.55. The van der Waals surface area contributed by atoms with E-state index in [0.29, 0.717) is 11.7 Å². The van der Waals surface area contributed by atoms with Crippen molar-refractivity contribution in [1.82, 2.24) is 10.1 Å². The topological polar surface area (TPSA) is 56.0 Å². The second-order valence-electron chi connectivity index (χ2n) is 3.94. The van der Waals surface area contributed by atoms with E-state index in [1.165, 1.54) is 12.5 Å². The van der Waals surface area contributed by atoms with Gasteiger partial charge in [0.2, 0.25) is 11.7 Å². The Balaban J connectivity index is 2.21. The molecular formula is C13H14N2O2. The van der Waals surface area contributed by atoms with E-state index >= 15 is 0 Å². The minimum absolute atomic E-state index is 0.0153. The van der Waals surface area contributed by atoms with Crippen LogP contribution in [0.4, 0.5) is 0 Å². The highest BCUT2D eigenvalue weighted by Crippen LogP contribution is 2.16. The zero-order valence-corrected chi connectivity index (χ0v) is 9.93. The van der Waals surface area contributed by atoms with E-state index in [0.717, 1.165) is 12.0 Å². The number of ketones is 1. The quantitative estimate of drug-likeness (QED) is 0.809. The van der Waals surface area contributed by atoms with E-state index in [-0.39, 0.29) is 12.2 Å². The second kappa shape index (κ2) is 4.91. The molecule has 17 heavy (non-hydrogen) atoms. The molecule has 4 nitrogen and oxygen atoms in total. The van der Waals surface area contributed by atoms with Crippen molar-refractivity contribution in [3.63, 3.8) is 0 Å². The summed E-state index contributed by atoms with van der Waals surface area (Å²) in [7, 11) is 0. The molecule has 0 aliphatic heterocycles. The Labute approximate surface area is 99.7 Å². The second-order valence-corrected chi connectivity index (χ2v) is 3.94. The molecule has 2 rings (SSSR count). The summed E-state index contributed by atoms with van der Waals surface area (Å²) in [5, 5.41) is 3.86. The number of benzene rings is 1. The summed E-state index contributed by atoms with van der Waals surface area (Å²) in [6.45, 7) is 3.61. The van der Waals surface area contributed by atoms with Crippen LogP contribution in [0.15, 0.2) is 28.8 Å². The Morgan fingerprint density at radius 3 is 2.59 bits per heavy atom. The van der Waals surface area contributed by atoms with Crippen molar-refractivity contribution in [2.75, 3.05) is 0 Å². The van der Waals surface area contributed by atoms with Gasteiger partial charge in [-0.15, -0.1) is 0 Å². The van der Waals surface area contributed by atoms with Crippen molar-refractivity contribution in [1.29, 1.82) is 0 Å². The van der Waals surface area contributed by atoms with E-state index in [9.17, 15) is 4.79 Å². The highest BCUT2D eigenvalue weighted by molar-refractivity contribution is 5.77. The van der Waals surface area contributed by atoms with Gasteiger partial charge < -0.3 is 4.52 Å². The summed E-state index contributed by atoms with van der Waals surface area (Å²) in [4.78, 5) is 15.1. The van der Waals surface area contributed by atoms with Crippen LogP contribution in [-0.2, 0) is 17.6 Å². The average Bonchev–Trinajstić information content (AvgIpc) is 2.77. The smallest absolute Gasteiger partial charge is 0.234 e. The van der Waals surface area contributed by atoms with Gasteiger partial charge in [-0.25, -0.2) is 0 Å². The van der Waals surface area contributed by atoms with Gasteiger partial charge in [-0.05, 0) is 18.9 Å². The number of aromatic nitrogens is 2. The molecular weight excluding hydrogens is 216 g/mol. The van der Waals surface area contributed by atoms with Gasteiger partial charge in [0.05, 0.1) is 6.42 Å². The van der Waals surface area contributed by atoms with Crippen LogP contribution in [0.2, 0.25) is 0 Å². The number of carbonyl (C=O) groups is 1. The van der Waals surface area contributed by atoms with E-state index in [1.54, 1.807) is 0 Å². The molecule has 1 aromatic heterocycles. The lowest BCUT2D eigenvalue weighted by molar-refractivity contribution is -0.116. The van der Waals surface area contributed by atoms with Gasteiger partial charge in [0, 0.05) is 5.56 Å². The van der Waals surface area contributed by atoms with Gasteiger partial charge in [0.1, 0.15) is 5.78 Å². The summed E-state index contributed by atoms with van der Waals surface area (Å²) in [5.74, 6) is 0.914. The number of Topliss-reactive ketones (excluding diaryl/α,β-unsaturated/α-hetero) is 1. The molecule has 4 heteroatoms.